The van der Waals surface area contributed by atoms with Gasteiger partial charge in [0, 0.05) is 24.4 Å². The van der Waals surface area contributed by atoms with Gasteiger partial charge < -0.3 is 15.4 Å². The normalized spacial score (nSPS) is 13.8. The van der Waals surface area contributed by atoms with Gasteiger partial charge in [0.15, 0.2) is 6.10 Å². The summed E-state index contributed by atoms with van der Waals surface area (Å²) in [5, 5.41) is 10.7. The highest BCUT2D eigenvalue weighted by Gasteiger charge is 2.30. The van der Waals surface area contributed by atoms with E-state index < -0.39 is 17.0 Å². The van der Waals surface area contributed by atoms with Crippen molar-refractivity contribution < 1.29 is 19.2 Å². The molecule has 0 bridgehead atoms. The molecule has 2 N–H and O–H groups in total. The van der Waals surface area contributed by atoms with Crippen molar-refractivity contribution in [1.29, 1.82) is 0 Å². The number of non-ortho nitro benzene ring substituents is 1. The van der Waals surface area contributed by atoms with Gasteiger partial charge in [-0.15, -0.1) is 0 Å². The van der Waals surface area contributed by atoms with E-state index in [1.54, 1.807) is 4.90 Å². The Labute approximate surface area is 149 Å². The van der Waals surface area contributed by atoms with E-state index in [0.717, 1.165) is 29.8 Å². The van der Waals surface area contributed by atoms with Gasteiger partial charge in [0.2, 0.25) is 0 Å². The number of rotatable bonds is 4. The second-order valence-electron chi connectivity index (χ2n) is 5.94. The third-order valence-corrected chi connectivity index (χ3v) is 4.25. The van der Waals surface area contributed by atoms with Crippen molar-refractivity contribution in [1.82, 2.24) is 0 Å². The monoisotopic (exact) mass is 355 g/mol. The summed E-state index contributed by atoms with van der Waals surface area (Å²) in [6, 6.07) is 11.0. The third kappa shape index (κ3) is 3.21. The number of hydrogen-bond acceptors (Lipinski definition) is 6. The number of para-hydroxylation sites is 1. The number of anilines is 2. The molecule has 0 aliphatic carbocycles. The first-order chi connectivity index (χ1) is 12.4. The molecule has 1 aliphatic rings. The van der Waals surface area contributed by atoms with E-state index in [1.165, 1.54) is 13.0 Å². The van der Waals surface area contributed by atoms with Crippen LogP contribution in [0.4, 0.5) is 17.1 Å². The highest BCUT2D eigenvalue weighted by Crippen LogP contribution is 2.28. The Morgan fingerprint density at radius 2 is 2.00 bits per heavy atom. The van der Waals surface area contributed by atoms with Crippen molar-refractivity contribution in [3.05, 3.63) is 63.7 Å². The zero-order chi connectivity index (χ0) is 18.8. The van der Waals surface area contributed by atoms with Gasteiger partial charge >= 0.3 is 5.97 Å². The van der Waals surface area contributed by atoms with Crippen molar-refractivity contribution in [2.45, 2.75) is 19.4 Å². The molecule has 0 aromatic heterocycles. The van der Waals surface area contributed by atoms with Crippen LogP contribution < -0.4 is 10.6 Å². The molecule has 0 spiro atoms. The zero-order valence-corrected chi connectivity index (χ0v) is 14.0. The number of ether oxygens (including phenoxy) is 1. The number of nitrogens with zero attached hydrogens (tertiary/aromatic N) is 2. The van der Waals surface area contributed by atoms with Crippen LogP contribution in [0.5, 0.6) is 0 Å². The second-order valence-corrected chi connectivity index (χ2v) is 5.94. The maximum absolute atomic E-state index is 12.6. The first-order valence-electron chi connectivity index (χ1n) is 8.02. The zero-order valence-electron chi connectivity index (χ0n) is 14.0. The number of carbonyl (C=O) groups excluding carboxylic acids is 2. The summed E-state index contributed by atoms with van der Waals surface area (Å²) in [5.41, 5.74) is 7.26. The molecule has 8 heteroatoms. The summed E-state index contributed by atoms with van der Waals surface area (Å²) in [4.78, 5) is 36.6. The van der Waals surface area contributed by atoms with Crippen LogP contribution in [0, 0.1) is 10.1 Å². The quantitative estimate of drug-likeness (QED) is 0.389. The molecule has 3 rings (SSSR count). The number of nitro groups is 1. The van der Waals surface area contributed by atoms with Crippen LogP contribution in [0.25, 0.3) is 0 Å². The van der Waals surface area contributed by atoms with E-state index >= 15 is 0 Å². The molecule has 134 valence electrons. The van der Waals surface area contributed by atoms with Gasteiger partial charge in [0.05, 0.1) is 16.2 Å². The minimum atomic E-state index is -1.01. The van der Waals surface area contributed by atoms with Gasteiger partial charge in [-0.25, -0.2) is 4.79 Å². The maximum Gasteiger partial charge on any atom is 0.341 e. The van der Waals surface area contributed by atoms with Crippen LogP contribution >= 0.6 is 0 Å². The smallest absolute Gasteiger partial charge is 0.341 e. The van der Waals surface area contributed by atoms with Crippen molar-refractivity contribution in [3.63, 3.8) is 0 Å². The maximum atomic E-state index is 12.6. The Morgan fingerprint density at radius 1 is 1.27 bits per heavy atom. The number of nitro benzene ring substituents is 1. The molecule has 1 heterocycles. The summed E-state index contributed by atoms with van der Waals surface area (Å²) in [7, 11) is 0. The standard InChI is InChI=1S/C18H17N3O5/c1-11(17(22)20-9-8-12-4-2-3-5-16(12)20)26-18(23)14-7-6-13(21(24)25)10-15(14)19/h2-7,10-11H,8-9,19H2,1H3/t11-/m0/s1. The fourth-order valence-electron chi connectivity index (χ4n) is 2.91. The molecule has 0 fully saturated rings. The first-order valence-corrected chi connectivity index (χ1v) is 8.02. The summed E-state index contributed by atoms with van der Waals surface area (Å²) in [5.74, 6) is -1.13. The Bertz CT molecular complexity index is 896. The van der Waals surface area contributed by atoms with E-state index in [2.05, 4.69) is 0 Å². The molecule has 8 nitrogen and oxygen atoms in total. The van der Waals surface area contributed by atoms with Gasteiger partial charge in [-0.1, -0.05) is 18.2 Å². The lowest BCUT2D eigenvalue weighted by atomic mass is 10.1. The largest absolute Gasteiger partial charge is 0.449 e. The van der Waals surface area contributed by atoms with E-state index in [-0.39, 0.29) is 22.8 Å². The average Bonchev–Trinajstić information content (AvgIpc) is 3.04. The summed E-state index contributed by atoms with van der Waals surface area (Å²) in [6.45, 7) is 2.02. The molecule has 2 aromatic carbocycles. The highest BCUT2D eigenvalue weighted by molar-refractivity contribution is 6.01. The number of benzene rings is 2. The van der Waals surface area contributed by atoms with Crippen LogP contribution in [-0.2, 0) is 16.0 Å². The van der Waals surface area contributed by atoms with Crippen LogP contribution in [0.3, 0.4) is 0 Å². The third-order valence-electron chi connectivity index (χ3n) is 4.25. The number of hydrogen-bond donors (Lipinski definition) is 1. The van der Waals surface area contributed by atoms with Gasteiger partial charge in [0.1, 0.15) is 0 Å². The van der Waals surface area contributed by atoms with Crippen molar-refractivity contribution >= 4 is 28.9 Å². The number of nitrogen functional groups attached to an aromatic ring is 1. The number of esters is 1. The molecule has 1 aliphatic heterocycles. The van der Waals surface area contributed by atoms with Gasteiger partial charge in [-0.2, -0.15) is 0 Å². The SMILES string of the molecule is C[C@H](OC(=O)c1ccc([N+](=O)[O-])cc1N)C(=O)N1CCc2ccccc21. The lowest BCUT2D eigenvalue weighted by molar-refractivity contribution is -0.384. The Morgan fingerprint density at radius 3 is 2.69 bits per heavy atom. The van der Waals surface area contributed by atoms with E-state index in [1.807, 2.05) is 24.3 Å². The fraction of sp³-hybridized carbons (Fsp3) is 0.222. The fourth-order valence-corrected chi connectivity index (χ4v) is 2.91. The lowest BCUT2D eigenvalue weighted by Crippen LogP contribution is -2.39. The van der Waals surface area contributed by atoms with Crippen LogP contribution in [0.1, 0.15) is 22.8 Å². The number of nitrogens with two attached hydrogens (primary N) is 1. The molecule has 0 unspecified atom stereocenters. The Balaban J connectivity index is 1.72. The van der Waals surface area contributed by atoms with Gasteiger partial charge in [-0.05, 0) is 31.0 Å². The molecular weight excluding hydrogens is 338 g/mol. The van der Waals surface area contributed by atoms with Crippen molar-refractivity contribution in [2.24, 2.45) is 0 Å². The molecule has 2 aromatic rings. The highest BCUT2D eigenvalue weighted by atomic mass is 16.6. The predicted molar refractivity (Wildman–Crippen MR) is 94.9 cm³/mol. The van der Waals surface area contributed by atoms with Gasteiger partial charge in [0.25, 0.3) is 11.6 Å². The molecule has 0 saturated carbocycles. The molecule has 1 atom stereocenters. The van der Waals surface area contributed by atoms with E-state index in [0.29, 0.717) is 6.54 Å². The Hall–Kier alpha value is -3.42. The second kappa shape index (κ2) is 6.83. The van der Waals surface area contributed by atoms with E-state index in [4.69, 9.17) is 10.5 Å². The lowest BCUT2D eigenvalue weighted by Gasteiger charge is -2.21. The summed E-state index contributed by atoms with van der Waals surface area (Å²) >= 11 is 0. The average molecular weight is 355 g/mol. The Kier molecular flexibility index (Phi) is 4.57. The number of carbonyl (C=O) groups is 2. The molecule has 0 saturated heterocycles. The van der Waals surface area contributed by atoms with Crippen molar-refractivity contribution in [2.75, 3.05) is 17.2 Å². The van der Waals surface area contributed by atoms with Crippen LogP contribution in [0.15, 0.2) is 42.5 Å². The minimum absolute atomic E-state index is 0.0166. The van der Waals surface area contributed by atoms with Gasteiger partial charge in [-0.3, -0.25) is 14.9 Å². The predicted octanol–water partition coefficient (Wildman–Crippen LogP) is 2.31. The number of amides is 1. The number of fused-ring (bicyclic) bond motifs is 1. The molecule has 1 amide bonds. The molecular formula is C18H17N3O5. The minimum Gasteiger partial charge on any atom is -0.449 e. The van der Waals surface area contributed by atoms with E-state index in [9.17, 15) is 19.7 Å². The van der Waals surface area contributed by atoms with Crippen LogP contribution in [0.2, 0.25) is 0 Å². The molecule has 0 radical (unpaired) electrons. The van der Waals surface area contributed by atoms with Crippen molar-refractivity contribution in [3.8, 4) is 0 Å². The summed E-state index contributed by atoms with van der Waals surface area (Å²) < 4.78 is 5.23. The van der Waals surface area contributed by atoms with Crippen LogP contribution in [-0.4, -0.2) is 29.4 Å². The molecule has 26 heavy (non-hydrogen) atoms. The first kappa shape index (κ1) is 17.4. The topological polar surface area (TPSA) is 116 Å². The summed E-state index contributed by atoms with van der Waals surface area (Å²) in [6.07, 6.45) is -0.263.